The number of hydrogen-bond donors (Lipinski definition) is 1. The van der Waals surface area contributed by atoms with Crippen LogP contribution in [-0.4, -0.2) is 27.3 Å². The third-order valence-electron chi connectivity index (χ3n) is 5.07. The van der Waals surface area contributed by atoms with Gasteiger partial charge in [0.1, 0.15) is 0 Å². The number of carbonyl (C=O) groups is 1. The number of benzene rings is 2. The van der Waals surface area contributed by atoms with Crippen molar-refractivity contribution < 1.29 is 9.53 Å². The predicted octanol–water partition coefficient (Wildman–Crippen LogP) is 5.27. The summed E-state index contributed by atoms with van der Waals surface area (Å²) in [5.41, 5.74) is 5.30. The molecule has 0 atom stereocenters. The smallest absolute Gasteiger partial charge is 0.262 e. The number of fused-ring (bicyclic) bond motifs is 1. The molecule has 0 bridgehead atoms. The Hall–Kier alpha value is -3.38. The highest BCUT2D eigenvalue weighted by molar-refractivity contribution is 6.33. The Bertz CT molecular complexity index is 1250. The van der Waals surface area contributed by atoms with Crippen LogP contribution in [0.2, 0.25) is 5.02 Å². The van der Waals surface area contributed by atoms with Crippen LogP contribution >= 0.6 is 11.6 Å². The van der Waals surface area contributed by atoms with Gasteiger partial charge in [-0.25, -0.2) is 4.68 Å². The SMILES string of the molecule is CCc1ccc(-n2nc(C)c3c(C)cc(OCC(=O)Nc4ccccc4Cl)nc32)cc1. The van der Waals surface area contributed by atoms with Gasteiger partial charge in [0.05, 0.1) is 22.1 Å². The van der Waals surface area contributed by atoms with Crippen molar-refractivity contribution >= 4 is 34.2 Å². The first-order valence-electron chi connectivity index (χ1n) is 10.1. The number of carbonyl (C=O) groups excluding carboxylic acids is 1. The summed E-state index contributed by atoms with van der Waals surface area (Å²) < 4.78 is 7.51. The summed E-state index contributed by atoms with van der Waals surface area (Å²) in [7, 11) is 0. The van der Waals surface area contributed by atoms with Gasteiger partial charge >= 0.3 is 0 Å². The van der Waals surface area contributed by atoms with Crippen LogP contribution in [0, 0.1) is 13.8 Å². The molecule has 2 aromatic carbocycles. The van der Waals surface area contributed by atoms with Crippen molar-refractivity contribution in [2.45, 2.75) is 27.2 Å². The van der Waals surface area contributed by atoms with E-state index in [0.29, 0.717) is 22.2 Å². The van der Waals surface area contributed by atoms with Crippen molar-refractivity contribution in [2.24, 2.45) is 0 Å². The molecule has 2 heterocycles. The maximum absolute atomic E-state index is 12.3. The first-order valence-corrected chi connectivity index (χ1v) is 10.5. The minimum Gasteiger partial charge on any atom is -0.467 e. The molecule has 1 N–H and O–H groups in total. The second-order valence-electron chi connectivity index (χ2n) is 7.31. The summed E-state index contributed by atoms with van der Waals surface area (Å²) >= 11 is 6.09. The van der Waals surface area contributed by atoms with E-state index in [-0.39, 0.29) is 12.5 Å². The molecule has 0 saturated heterocycles. The minimum absolute atomic E-state index is 0.179. The van der Waals surface area contributed by atoms with Crippen LogP contribution < -0.4 is 10.1 Å². The normalized spacial score (nSPS) is 11.0. The monoisotopic (exact) mass is 434 g/mol. The Morgan fingerprint density at radius 2 is 1.87 bits per heavy atom. The molecule has 7 heteroatoms. The molecule has 0 unspecified atom stereocenters. The van der Waals surface area contributed by atoms with Crippen LogP contribution in [0.25, 0.3) is 16.7 Å². The van der Waals surface area contributed by atoms with Crippen LogP contribution in [0.1, 0.15) is 23.7 Å². The Morgan fingerprint density at radius 1 is 1.13 bits per heavy atom. The summed E-state index contributed by atoms with van der Waals surface area (Å²) in [6.07, 6.45) is 0.977. The van der Waals surface area contributed by atoms with Crippen LogP contribution in [0.3, 0.4) is 0 Å². The van der Waals surface area contributed by atoms with Gasteiger partial charge in [-0.2, -0.15) is 10.1 Å². The van der Waals surface area contributed by atoms with Crippen LogP contribution in [0.4, 0.5) is 5.69 Å². The molecule has 158 valence electrons. The average molecular weight is 435 g/mol. The van der Waals surface area contributed by atoms with Gasteiger partial charge in [-0.1, -0.05) is 42.8 Å². The summed E-state index contributed by atoms with van der Waals surface area (Å²) in [5.74, 6) is 0.0538. The Kier molecular flexibility index (Phi) is 5.91. The number of hydrogen-bond acceptors (Lipinski definition) is 4. The summed E-state index contributed by atoms with van der Waals surface area (Å²) in [4.78, 5) is 16.9. The molecular formula is C24H23ClN4O2. The van der Waals surface area contributed by atoms with Gasteiger partial charge in [-0.15, -0.1) is 0 Å². The fourth-order valence-corrected chi connectivity index (χ4v) is 3.67. The molecular weight excluding hydrogens is 412 g/mol. The summed E-state index contributed by atoms with van der Waals surface area (Å²) in [6, 6.07) is 17.1. The predicted molar refractivity (Wildman–Crippen MR) is 123 cm³/mol. The molecule has 4 aromatic rings. The fraction of sp³-hybridized carbons (Fsp3) is 0.208. The number of aromatic nitrogens is 3. The number of aryl methyl sites for hydroxylation is 3. The largest absolute Gasteiger partial charge is 0.467 e. The highest BCUT2D eigenvalue weighted by Gasteiger charge is 2.16. The topological polar surface area (TPSA) is 69.0 Å². The first-order chi connectivity index (χ1) is 15.0. The summed E-state index contributed by atoms with van der Waals surface area (Å²) in [5, 5.41) is 8.88. The van der Waals surface area contributed by atoms with Gasteiger partial charge in [0, 0.05) is 11.5 Å². The van der Waals surface area contributed by atoms with E-state index in [9.17, 15) is 4.79 Å². The lowest BCUT2D eigenvalue weighted by Gasteiger charge is -2.10. The van der Waals surface area contributed by atoms with Crippen molar-refractivity contribution in [1.29, 1.82) is 0 Å². The van der Waals surface area contributed by atoms with Gasteiger partial charge in [0.15, 0.2) is 12.3 Å². The molecule has 0 fully saturated rings. The van der Waals surface area contributed by atoms with E-state index in [1.165, 1.54) is 5.56 Å². The number of ether oxygens (including phenoxy) is 1. The zero-order chi connectivity index (χ0) is 22.0. The molecule has 2 aromatic heterocycles. The molecule has 0 aliphatic heterocycles. The minimum atomic E-state index is -0.313. The number of nitrogens with zero attached hydrogens (tertiary/aromatic N) is 3. The van der Waals surface area contributed by atoms with Crippen LogP contribution in [-0.2, 0) is 11.2 Å². The van der Waals surface area contributed by atoms with Crippen LogP contribution in [0.5, 0.6) is 5.88 Å². The van der Waals surface area contributed by atoms with Crippen LogP contribution in [0.15, 0.2) is 54.6 Å². The van der Waals surface area contributed by atoms with E-state index >= 15 is 0 Å². The molecule has 6 nitrogen and oxygen atoms in total. The van der Waals surface area contributed by atoms with E-state index in [0.717, 1.165) is 28.8 Å². The molecule has 0 saturated carbocycles. The Morgan fingerprint density at radius 3 is 2.58 bits per heavy atom. The lowest BCUT2D eigenvalue weighted by atomic mass is 10.1. The summed E-state index contributed by atoms with van der Waals surface area (Å²) in [6.45, 7) is 5.89. The van der Waals surface area contributed by atoms with E-state index in [1.54, 1.807) is 24.3 Å². The van der Waals surface area contributed by atoms with E-state index in [4.69, 9.17) is 16.3 Å². The number of para-hydroxylation sites is 1. The van der Waals surface area contributed by atoms with Crippen molar-refractivity contribution in [3.05, 3.63) is 76.4 Å². The van der Waals surface area contributed by atoms with Gasteiger partial charge < -0.3 is 10.1 Å². The average Bonchev–Trinajstić information content (AvgIpc) is 3.11. The number of nitrogens with one attached hydrogen (secondary N) is 1. The molecule has 0 aliphatic rings. The second kappa shape index (κ2) is 8.78. The van der Waals surface area contributed by atoms with Crippen molar-refractivity contribution in [3.8, 4) is 11.6 Å². The number of anilines is 1. The molecule has 0 aliphatic carbocycles. The molecule has 0 spiro atoms. The van der Waals surface area contributed by atoms with Gasteiger partial charge in [-0.05, 0) is 55.7 Å². The number of pyridine rings is 1. The Balaban J connectivity index is 1.59. The van der Waals surface area contributed by atoms with Gasteiger partial charge in [0.2, 0.25) is 5.88 Å². The number of rotatable bonds is 6. The van der Waals surface area contributed by atoms with E-state index in [1.807, 2.05) is 36.7 Å². The Labute approximate surface area is 185 Å². The fourth-order valence-electron chi connectivity index (χ4n) is 3.49. The van der Waals surface area contributed by atoms with Gasteiger partial charge in [-0.3, -0.25) is 4.79 Å². The number of halogens is 1. The third kappa shape index (κ3) is 4.39. The molecule has 0 radical (unpaired) electrons. The zero-order valence-corrected chi connectivity index (χ0v) is 18.4. The zero-order valence-electron chi connectivity index (χ0n) is 17.6. The van der Waals surface area contributed by atoms with Crippen molar-refractivity contribution in [2.75, 3.05) is 11.9 Å². The second-order valence-corrected chi connectivity index (χ2v) is 7.72. The maximum Gasteiger partial charge on any atom is 0.262 e. The van der Waals surface area contributed by atoms with E-state index < -0.39 is 0 Å². The van der Waals surface area contributed by atoms with Crippen molar-refractivity contribution in [1.82, 2.24) is 14.8 Å². The highest BCUT2D eigenvalue weighted by atomic mass is 35.5. The quantitative estimate of drug-likeness (QED) is 0.448. The van der Waals surface area contributed by atoms with Gasteiger partial charge in [0.25, 0.3) is 5.91 Å². The molecule has 31 heavy (non-hydrogen) atoms. The standard InChI is InChI=1S/C24H23ClN4O2/c1-4-17-9-11-18(12-10-17)29-24-23(16(3)28-29)15(2)13-22(27-24)31-14-21(30)26-20-8-6-5-7-19(20)25/h5-13H,4,14H2,1-3H3,(H,26,30). The number of amides is 1. The van der Waals surface area contributed by atoms with E-state index in [2.05, 4.69) is 34.5 Å². The highest BCUT2D eigenvalue weighted by Crippen LogP contribution is 2.27. The maximum atomic E-state index is 12.3. The third-order valence-corrected chi connectivity index (χ3v) is 5.40. The van der Waals surface area contributed by atoms with Crippen molar-refractivity contribution in [3.63, 3.8) is 0 Å². The molecule has 4 rings (SSSR count). The lowest BCUT2D eigenvalue weighted by molar-refractivity contribution is -0.118. The first kappa shape index (κ1) is 20.9. The lowest BCUT2D eigenvalue weighted by Crippen LogP contribution is -2.20. The molecule has 1 amide bonds.